The summed E-state index contributed by atoms with van der Waals surface area (Å²) in [6.07, 6.45) is 2.27. The van der Waals surface area contributed by atoms with Crippen molar-refractivity contribution in [2.24, 2.45) is 0 Å². The fraction of sp³-hybridized carbons (Fsp3) is 0.889. The molecule has 76 valence electrons. The minimum absolute atomic E-state index is 0.0621. The molecule has 1 fully saturated rings. The highest BCUT2D eigenvalue weighted by molar-refractivity contribution is 5.68. The lowest BCUT2D eigenvalue weighted by Crippen LogP contribution is -2.43. The lowest BCUT2D eigenvalue weighted by Gasteiger charge is -2.30. The fourth-order valence-corrected chi connectivity index (χ4v) is 1.35. The molecule has 13 heavy (non-hydrogen) atoms. The molecule has 1 unspecified atom stereocenters. The van der Waals surface area contributed by atoms with Crippen LogP contribution in [0, 0.1) is 0 Å². The number of cyclic esters (lactones) is 1. The molecule has 1 aliphatic heterocycles. The molecule has 1 rings (SSSR count). The molecule has 0 radical (unpaired) electrons. The smallest absolute Gasteiger partial charge is 0.410 e. The van der Waals surface area contributed by atoms with Crippen molar-refractivity contribution in [3.8, 4) is 0 Å². The second-order valence-corrected chi connectivity index (χ2v) is 3.32. The lowest BCUT2D eigenvalue weighted by molar-refractivity contribution is -0.00114. The summed E-state index contributed by atoms with van der Waals surface area (Å²) in [6.45, 7) is 3.51. The van der Waals surface area contributed by atoms with Crippen LogP contribution in [0.1, 0.15) is 26.2 Å². The van der Waals surface area contributed by atoms with Gasteiger partial charge in [-0.1, -0.05) is 13.3 Å². The van der Waals surface area contributed by atoms with Crippen LogP contribution in [0.3, 0.4) is 0 Å². The Morgan fingerprint density at radius 2 is 2.46 bits per heavy atom. The molecule has 1 amide bonds. The van der Waals surface area contributed by atoms with Crippen LogP contribution in [-0.4, -0.2) is 41.9 Å². The van der Waals surface area contributed by atoms with Gasteiger partial charge in [-0.25, -0.2) is 4.79 Å². The Kier molecular flexibility index (Phi) is 4.02. The van der Waals surface area contributed by atoms with E-state index >= 15 is 0 Å². The SMILES string of the molecule is CCCCN1CCC(CO)OC1=O. The van der Waals surface area contributed by atoms with Crippen LogP contribution in [0.4, 0.5) is 4.79 Å². The molecular weight excluding hydrogens is 170 g/mol. The number of ether oxygens (including phenoxy) is 1. The van der Waals surface area contributed by atoms with E-state index in [9.17, 15) is 4.79 Å². The molecule has 1 N–H and O–H groups in total. The van der Waals surface area contributed by atoms with Crippen LogP contribution in [0.15, 0.2) is 0 Å². The van der Waals surface area contributed by atoms with Crippen LogP contribution in [0.25, 0.3) is 0 Å². The molecule has 4 heteroatoms. The number of nitrogens with zero attached hydrogens (tertiary/aromatic N) is 1. The minimum atomic E-state index is -0.287. The normalized spacial score (nSPS) is 23.1. The maximum Gasteiger partial charge on any atom is 0.410 e. The summed E-state index contributed by atoms with van der Waals surface area (Å²) in [5.74, 6) is 0. The highest BCUT2D eigenvalue weighted by atomic mass is 16.6. The number of aliphatic hydroxyl groups is 1. The summed E-state index contributed by atoms with van der Waals surface area (Å²) in [7, 11) is 0. The van der Waals surface area contributed by atoms with Crippen LogP contribution < -0.4 is 0 Å². The number of carbonyl (C=O) groups excluding carboxylic acids is 1. The number of hydrogen-bond donors (Lipinski definition) is 1. The van der Waals surface area contributed by atoms with Gasteiger partial charge in [0, 0.05) is 19.5 Å². The van der Waals surface area contributed by atoms with Gasteiger partial charge in [0.25, 0.3) is 0 Å². The predicted octanol–water partition coefficient (Wildman–Crippen LogP) is 0.990. The van der Waals surface area contributed by atoms with Gasteiger partial charge in [0.1, 0.15) is 6.10 Å². The van der Waals surface area contributed by atoms with Crippen molar-refractivity contribution >= 4 is 6.09 Å². The Morgan fingerprint density at radius 1 is 1.69 bits per heavy atom. The highest BCUT2D eigenvalue weighted by Gasteiger charge is 2.25. The molecule has 1 atom stereocenters. The molecule has 0 aromatic heterocycles. The molecule has 0 saturated carbocycles. The van der Waals surface area contributed by atoms with Gasteiger partial charge in [-0.2, -0.15) is 0 Å². The van der Waals surface area contributed by atoms with Crippen molar-refractivity contribution < 1.29 is 14.6 Å². The van der Waals surface area contributed by atoms with Crippen molar-refractivity contribution in [2.75, 3.05) is 19.7 Å². The Bertz CT molecular complexity index is 172. The van der Waals surface area contributed by atoms with Crippen molar-refractivity contribution in [2.45, 2.75) is 32.3 Å². The van der Waals surface area contributed by atoms with Crippen molar-refractivity contribution in [1.29, 1.82) is 0 Å². The molecule has 0 aliphatic carbocycles. The fourth-order valence-electron chi connectivity index (χ4n) is 1.35. The Balaban J connectivity index is 2.31. The van der Waals surface area contributed by atoms with E-state index in [-0.39, 0.29) is 18.8 Å². The van der Waals surface area contributed by atoms with Gasteiger partial charge < -0.3 is 14.7 Å². The van der Waals surface area contributed by atoms with Crippen LogP contribution in [-0.2, 0) is 4.74 Å². The zero-order valence-corrected chi connectivity index (χ0v) is 8.03. The quantitative estimate of drug-likeness (QED) is 0.714. The molecule has 4 nitrogen and oxygen atoms in total. The lowest BCUT2D eigenvalue weighted by atomic mass is 10.2. The maximum absolute atomic E-state index is 11.3. The largest absolute Gasteiger partial charge is 0.444 e. The summed E-state index contributed by atoms with van der Waals surface area (Å²) < 4.78 is 4.98. The second-order valence-electron chi connectivity index (χ2n) is 3.32. The Morgan fingerprint density at radius 3 is 3.00 bits per heavy atom. The molecule has 0 spiro atoms. The summed E-state index contributed by atoms with van der Waals surface area (Å²) in [5.41, 5.74) is 0. The summed E-state index contributed by atoms with van der Waals surface area (Å²) in [4.78, 5) is 13.0. The van der Waals surface area contributed by atoms with E-state index in [1.807, 2.05) is 0 Å². The van der Waals surface area contributed by atoms with E-state index in [0.717, 1.165) is 25.8 Å². The van der Waals surface area contributed by atoms with Gasteiger partial charge in [-0.15, -0.1) is 0 Å². The third kappa shape index (κ3) is 2.88. The summed E-state index contributed by atoms with van der Waals surface area (Å²) in [5, 5.41) is 8.78. The van der Waals surface area contributed by atoms with Gasteiger partial charge in [0.15, 0.2) is 0 Å². The highest BCUT2D eigenvalue weighted by Crippen LogP contribution is 2.11. The average molecular weight is 187 g/mol. The second kappa shape index (κ2) is 5.07. The van der Waals surface area contributed by atoms with Crippen molar-refractivity contribution in [3.05, 3.63) is 0 Å². The molecule has 1 saturated heterocycles. The minimum Gasteiger partial charge on any atom is -0.444 e. The molecule has 0 bridgehead atoms. The van der Waals surface area contributed by atoms with E-state index in [1.54, 1.807) is 4.90 Å². The first-order valence-electron chi connectivity index (χ1n) is 4.84. The number of amides is 1. The van der Waals surface area contributed by atoms with Crippen molar-refractivity contribution in [3.63, 3.8) is 0 Å². The number of aliphatic hydroxyl groups excluding tert-OH is 1. The van der Waals surface area contributed by atoms with Gasteiger partial charge in [0.2, 0.25) is 0 Å². The Hall–Kier alpha value is -0.770. The van der Waals surface area contributed by atoms with E-state index in [1.165, 1.54) is 0 Å². The molecule has 0 aromatic rings. The van der Waals surface area contributed by atoms with Crippen LogP contribution in [0.5, 0.6) is 0 Å². The number of hydrogen-bond acceptors (Lipinski definition) is 3. The van der Waals surface area contributed by atoms with E-state index in [0.29, 0.717) is 6.54 Å². The topological polar surface area (TPSA) is 49.8 Å². The van der Waals surface area contributed by atoms with Gasteiger partial charge >= 0.3 is 6.09 Å². The van der Waals surface area contributed by atoms with Crippen LogP contribution >= 0.6 is 0 Å². The van der Waals surface area contributed by atoms with Gasteiger partial charge in [0.05, 0.1) is 6.61 Å². The third-order valence-corrected chi connectivity index (χ3v) is 2.23. The molecule has 1 heterocycles. The molecule has 1 aliphatic rings. The molecule has 0 aromatic carbocycles. The third-order valence-electron chi connectivity index (χ3n) is 2.23. The van der Waals surface area contributed by atoms with E-state index < -0.39 is 0 Å². The summed E-state index contributed by atoms with van der Waals surface area (Å²) >= 11 is 0. The maximum atomic E-state index is 11.3. The standard InChI is InChI=1S/C9H17NO3/c1-2-3-5-10-6-4-8(7-11)13-9(10)12/h8,11H,2-7H2,1H3. The first-order valence-corrected chi connectivity index (χ1v) is 4.84. The van der Waals surface area contributed by atoms with E-state index in [2.05, 4.69) is 6.92 Å². The first kappa shape index (κ1) is 10.3. The van der Waals surface area contributed by atoms with Gasteiger partial charge in [-0.05, 0) is 6.42 Å². The first-order chi connectivity index (χ1) is 6.27. The van der Waals surface area contributed by atoms with Crippen LogP contribution in [0.2, 0.25) is 0 Å². The molecular formula is C9H17NO3. The van der Waals surface area contributed by atoms with Gasteiger partial charge in [-0.3, -0.25) is 0 Å². The Labute approximate surface area is 78.5 Å². The zero-order chi connectivity index (χ0) is 9.68. The summed E-state index contributed by atoms with van der Waals surface area (Å²) in [6, 6.07) is 0. The van der Waals surface area contributed by atoms with Crippen molar-refractivity contribution in [1.82, 2.24) is 4.90 Å². The average Bonchev–Trinajstić information content (AvgIpc) is 2.16. The van der Waals surface area contributed by atoms with E-state index in [4.69, 9.17) is 9.84 Å². The predicted molar refractivity (Wildman–Crippen MR) is 48.5 cm³/mol. The number of rotatable bonds is 4. The zero-order valence-electron chi connectivity index (χ0n) is 8.03. The number of unbranched alkanes of at least 4 members (excludes halogenated alkanes) is 1. The monoisotopic (exact) mass is 187 g/mol. The number of carbonyl (C=O) groups is 1.